The predicted molar refractivity (Wildman–Crippen MR) is 88.5 cm³/mol. The minimum absolute atomic E-state index is 0.00572. The van der Waals surface area contributed by atoms with Crippen LogP contribution in [0.2, 0.25) is 0 Å². The number of nitrogens with zero attached hydrogens (tertiary/aromatic N) is 3. The van der Waals surface area contributed by atoms with Gasteiger partial charge in [-0.2, -0.15) is 4.31 Å². The van der Waals surface area contributed by atoms with Crippen molar-refractivity contribution in [1.29, 1.82) is 0 Å². The quantitative estimate of drug-likeness (QED) is 0.792. The summed E-state index contributed by atoms with van der Waals surface area (Å²) in [5.74, 6) is -1.96. The predicted octanol–water partition coefficient (Wildman–Crippen LogP) is 0.817. The highest BCUT2D eigenvalue weighted by molar-refractivity contribution is 7.89. The summed E-state index contributed by atoms with van der Waals surface area (Å²) in [6, 6.07) is 5.65. The standard InChI is InChI=1S/C16H18FN3O5S/c1-19-8-15(18-10-19)26(23,24)20-6-13(11-2-4-12(17)5-3-11)14(7-20)25-9-16(21)22/h2-5,8,10,13-14H,6-7,9H2,1H3,(H,21,22)/t13-,14+/m0/s1. The lowest BCUT2D eigenvalue weighted by molar-refractivity contribution is -0.144. The minimum Gasteiger partial charge on any atom is -0.480 e. The number of ether oxygens (including phenoxy) is 1. The lowest BCUT2D eigenvalue weighted by atomic mass is 9.96. The Hall–Kier alpha value is -2.30. The summed E-state index contributed by atoms with van der Waals surface area (Å²) in [4.78, 5) is 14.7. The van der Waals surface area contributed by atoms with Crippen LogP contribution in [-0.4, -0.2) is 59.2 Å². The van der Waals surface area contributed by atoms with E-state index in [0.29, 0.717) is 5.56 Å². The lowest BCUT2D eigenvalue weighted by Gasteiger charge is -2.18. The number of hydrogen-bond acceptors (Lipinski definition) is 5. The van der Waals surface area contributed by atoms with Crippen LogP contribution in [0, 0.1) is 5.82 Å². The topological polar surface area (TPSA) is 102 Å². The first-order chi connectivity index (χ1) is 12.3. The molecule has 1 saturated heterocycles. The summed E-state index contributed by atoms with van der Waals surface area (Å²) >= 11 is 0. The van der Waals surface area contributed by atoms with Gasteiger partial charge in [-0.05, 0) is 17.7 Å². The summed E-state index contributed by atoms with van der Waals surface area (Å²) in [5.41, 5.74) is 0.681. The van der Waals surface area contributed by atoms with Gasteiger partial charge in [0, 0.05) is 32.3 Å². The number of aliphatic carboxylic acids is 1. The number of rotatable bonds is 6. The Morgan fingerprint density at radius 3 is 2.62 bits per heavy atom. The van der Waals surface area contributed by atoms with Crippen molar-refractivity contribution in [2.24, 2.45) is 7.05 Å². The molecule has 2 atom stereocenters. The average Bonchev–Trinajstić information content (AvgIpc) is 3.21. The zero-order chi connectivity index (χ0) is 18.9. The van der Waals surface area contributed by atoms with Gasteiger partial charge in [-0.25, -0.2) is 22.6 Å². The zero-order valence-corrected chi connectivity index (χ0v) is 14.8. The fraction of sp³-hybridized carbons (Fsp3) is 0.375. The summed E-state index contributed by atoms with van der Waals surface area (Å²) in [5, 5.41) is 8.77. The second-order valence-electron chi connectivity index (χ2n) is 6.10. The van der Waals surface area contributed by atoms with Crippen LogP contribution in [0.25, 0.3) is 0 Å². The van der Waals surface area contributed by atoms with Crippen molar-refractivity contribution >= 4 is 16.0 Å². The second kappa shape index (κ2) is 7.14. The van der Waals surface area contributed by atoms with Crippen LogP contribution in [0.15, 0.2) is 41.8 Å². The van der Waals surface area contributed by atoms with E-state index in [4.69, 9.17) is 9.84 Å². The van der Waals surface area contributed by atoms with Crippen LogP contribution in [-0.2, 0) is 26.6 Å². The third kappa shape index (κ3) is 3.76. The van der Waals surface area contributed by atoms with Crippen molar-refractivity contribution in [1.82, 2.24) is 13.9 Å². The second-order valence-corrected chi connectivity index (χ2v) is 7.99. The summed E-state index contributed by atoms with van der Waals surface area (Å²) < 4.78 is 46.9. The molecule has 10 heteroatoms. The Morgan fingerprint density at radius 1 is 1.35 bits per heavy atom. The molecule has 8 nitrogen and oxygen atoms in total. The Kier molecular flexibility index (Phi) is 5.08. The number of benzene rings is 1. The number of halogens is 1. The number of sulfonamides is 1. The first-order valence-corrected chi connectivity index (χ1v) is 9.28. The van der Waals surface area contributed by atoms with Gasteiger partial charge in [-0.15, -0.1) is 0 Å². The minimum atomic E-state index is -3.84. The molecule has 1 aliphatic heterocycles. The highest BCUT2D eigenvalue weighted by Gasteiger charge is 2.41. The number of carboxylic acid groups (broad SMARTS) is 1. The molecule has 0 saturated carbocycles. The highest BCUT2D eigenvalue weighted by Crippen LogP contribution is 2.33. The first kappa shape index (κ1) is 18.5. The van der Waals surface area contributed by atoms with E-state index < -0.39 is 40.4 Å². The molecule has 1 aromatic carbocycles. The van der Waals surface area contributed by atoms with Crippen molar-refractivity contribution in [3.8, 4) is 0 Å². The molecule has 3 rings (SSSR count). The molecule has 0 spiro atoms. The molecule has 140 valence electrons. The summed E-state index contributed by atoms with van der Waals surface area (Å²) in [6.07, 6.45) is 2.13. The number of carbonyl (C=O) groups is 1. The largest absolute Gasteiger partial charge is 0.480 e. The van der Waals surface area contributed by atoms with Gasteiger partial charge in [0.25, 0.3) is 10.0 Å². The molecule has 0 aliphatic carbocycles. The normalized spacial score (nSPS) is 21.2. The maximum atomic E-state index is 13.2. The monoisotopic (exact) mass is 383 g/mol. The Labute approximate surface area is 149 Å². The Bertz CT molecular complexity index is 897. The van der Waals surface area contributed by atoms with Gasteiger partial charge in [-0.1, -0.05) is 12.1 Å². The zero-order valence-electron chi connectivity index (χ0n) is 13.9. The van der Waals surface area contributed by atoms with Crippen LogP contribution in [0.1, 0.15) is 11.5 Å². The molecule has 0 bridgehead atoms. The van der Waals surface area contributed by atoms with E-state index >= 15 is 0 Å². The molecule has 1 aromatic heterocycles. The molecular weight excluding hydrogens is 365 g/mol. The molecule has 0 radical (unpaired) electrons. The van der Waals surface area contributed by atoms with Crippen molar-refractivity contribution < 1.29 is 27.4 Å². The molecule has 2 aromatic rings. The highest BCUT2D eigenvalue weighted by atomic mass is 32.2. The van der Waals surface area contributed by atoms with Gasteiger partial charge in [0.15, 0.2) is 5.03 Å². The molecule has 0 unspecified atom stereocenters. The van der Waals surface area contributed by atoms with Gasteiger partial charge in [0.2, 0.25) is 0 Å². The maximum Gasteiger partial charge on any atom is 0.329 e. The van der Waals surface area contributed by atoms with Gasteiger partial charge in [0.1, 0.15) is 12.4 Å². The Morgan fingerprint density at radius 2 is 2.04 bits per heavy atom. The molecule has 0 amide bonds. The molecule has 1 fully saturated rings. The van der Waals surface area contributed by atoms with Gasteiger partial charge in [-0.3, -0.25) is 0 Å². The van der Waals surface area contributed by atoms with Gasteiger partial charge >= 0.3 is 5.97 Å². The molecule has 1 aliphatic rings. The lowest BCUT2D eigenvalue weighted by Crippen LogP contribution is -2.31. The van der Waals surface area contributed by atoms with Crippen LogP contribution < -0.4 is 0 Å². The van der Waals surface area contributed by atoms with Crippen molar-refractivity contribution in [3.63, 3.8) is 0 Å². The van der Waals surface area contributed by atoms with Crippen LogP contribution >= 0.6 is 0 Å². The first-order valence-electron chi connectivity index (χ1n) is 7.84. The number of hydrogen-bond donors (Lipinski definition) is 1. The summed E-state index contributed by atoms with van der Waals surface area (Å²) in [6.45, 7) is -0.455. The van der Waals surface area contributed by atoms with Gasteiger partial charge in [0.05, 0.1) is 12.4 Å². The third-order valence-corrected chi connectivity index (χ3v) is 5.95. The number of imidazole rings is 1. The van der Waals surface area contributed by atoms with E-state index in [-0.39, 0.29) is 18.1 Å². The molecule has 1 N–H and O–H groups in total. The fourth-order valence-electron chi connectivity index (χ4n) is 2.97. The van der Waals surface area contributed by atoms with Crippen molar-refractivity contribution in [2.75, 3.05) is 19.7 Å². The smallest absolute Gasteiger partial charge is 0.329 e. The van der Waals surface area contributed by atoms with E-state index in [1.807, 2.05) is 0 Å². The van der Waals surface area contributed by atoms with Crippen LogP contribution in [0.4, 0.5) is 4.39 Å². The third-order valence-electron chi connectivity index (χ3n) is 4.24. The average molecular weight is 383 g/mol. The van der Waals surface area contributed by atoms with E-state index in [9.17, 15) is 17.6 Å². The van der Waals surface area contributed by atoms with E-state index in [1.54, 1.807) is 19.2 Å². The SMILES string of the molecule is Cn1cnc(S(=O)(=O)N2C[C@@H](OCC(=O)O)[C@H](c3ccc(F)cc3)C2)c1. The van der Waals surface area contributed by atoms with E-state index in [1.165, 1.54) is 33.5 Å². The molecule has 26 heavy (non-hydrogen) atoms. The molecule has 2 heterocycles. The Balaban J connectivity index is 1.87. The number of aryl methyl sites for hydroxylation is 1. The maximum absolute atomic E-state index is 13.2. The van der Waals surface area contributed by atoms with Gasteiger partial charge < -0.3 is 14.4 Å². The van der Waals surface area contributed by atoms with Crippen molar-refractivity contribution in [3.05, 3.63) is 48.2 Å². The summed E-state index contributed by atoms with van der Waals surface area (Å²) in [7, 11) is -2.18. The van der Waals surface area contributed by atoms with E-state index in [2.05, 4.69) is 4.98 Å². The fourth-order valence-corrected chi connectivity index (χ4v) is 4.41. The van der Waals surface area contributed by atoms with Crippen LogP contribution in [0.3, 0.4) is 0 Å². The van der Waals surface area contributed by atoms with Crippen LogP contribution in [0.5, 0.6) is 0 Å². The molecular formula is C16H18FN3O5S. The van der Waals surface area contributed by atoms with Crippen molar-refractivity contribution in [2.45, 2.75) is 17.0 Å². The number of carboxylic acids is 1. The van der Waals surface area contributed by atoms with E-state index in [0.717, 1.165) is 0 Å². The number of aromatic nitrogens is 2.